The van der Waals surface area contributed by atoms with Crippen molar-refractivity contribution in [3.63, 3.8) is 0 Å². The van der Waals surface area contributed by atoms with E-state index in [1.165, 1.54) is 4.90 Å². The molecule has 2 aromatic carbocycles. The van der Waals surface area contributed by atoms with Crippen LogP contribution in [0.5, 0.6) is 0 Å². The Morgan fingerprint density at radius 3 is 2.52 bits per heavy atom. The molecule has 1 aliphatic rings. The Labute approximate surface area is 187 Å². The lowest BCUT2D eigenvalue weighted by Gasteiger charge is -2.26. The van der Waals surface area contributed by atoms with E-state index in [9.17, 15) is 4.79 Å². The number of carbonyl (C=O) groups excluding carboxylic acids is 1. The highest BCUT2D eigenvalue weighted by Crippen LogP contribution is 2.41. The van der Waals surface area contributed by atoms with Crippen LogP contribution < -0.4 is 5.32 Å². The highest BCUT2D eigenvalue weighted by Gasteiger charge is 2.33. The van der Waals surface area contributed by atoms with E-state index in [0.29, 0.717) is 23.9 Å². The van der Waals surface area contributed by atoms with Gasteiger partial charge in [-0.25, -0.2) is 0 Å². The van der Waals surface area contributed by atoms with E-state index < -0.39 is 0 Å². The lowest BCUT2D eigenvalue weighted by molar-refractivity contribution is -0.115. The second-order valence-electron chi connectivity index (χ2n) is 7.85. The second-order valence-corrected chi connectivity index (χ2v) is 8.28. The smallest absolute Gasteiger partial charge is 0.216 e. The number of pyridine rings is 1. The lowest BCUT2D eigenvalue weighted by Crippen LogP contribution is -2.43. The van der Waals surface area contributed by atoms with Crippen LogP contribution >= 0.6 is 11.6 Å². The molecule has 1 fully saturated rings. The molecule has 4 rings (SSSR count). The summed E-state index contributed by atoms with van der Waals surface area (Å²) in [7, 11) is 0. The van der Waals surface area contributed by atoms with Gasteiger partial charge < -0.3 is 5.32 Å². The number of aromatic nitrogens is 1. The Morgan fingerprint density at radius 1 is 1.13 bits per heavy atom. The molecule has 0 aliphatic heterocycles. The Balaban J connectivity index is 1.48. The van der Waals surface area contributed by atoms with Crippen molar-refractivity contribution in [3.05, 3.63) is 89.2 Å². The number of hydrogen-bond acceptors (Lipinski definition) is 3. The summed E-state index contributed by atoms with van der Waals surface area (Å²) in [5.74, 6) is 0.595. The van der Waals surface area contributed by atoms with Crippen LogP contribution in [0.25, 0.3) is 11.1 Å². The highest BCUT2D eigenvalue weighted by molar-refractivity contribution is 6.30. The van der Waals surface area contributed by atoms with Crippen molar-refractivity contribution in [2.45, 2.75) is 25.3 Å². The summed E-state index contributed by atoms with van der Waals surface area (Å²) in [5.41, 5.74) is 4.35. The van der Waals surface area contributed by atoms with Gasteiger partial charge in [-0.1, -0.05) is 41.9 Å². The van der Waals surface area contributed by atoms with Crippen molar-refractivity contribution in [2.24, 2.45) is 5.92 Å². The van der Waals surface area contributed by atoms with Crippen molar-refractivity contribution in [1.29, 1.82) is 5.41 Å². The Kier molecular flexibility index (Phi) is 6.63. The summed E-state index contributed by atoms with van der Waals surface area (Å²) in [6, 6.07) is 20.0. The van der Waals surface area contributed by atoms with Gasteiger partial charge in [-0.2, -0.15) is 0 Å². The molecule has 158 valence electrons. The molecular formula is C25H25ClN4O. The predicted octanol–water partition coefficient (Wildman–Crippen LogP) is 5.08. The molecule has 0 saturated heterocycles. The first kappa shape index (κ1) is 21.1. The van der Waals surface area contributed by atoms with Crippen LogP contribution in [0.4, 0.5) is 0 Å². The average Bonchev–Trinajstić information content (AvgIpc) is 3.64. The normalized spacial score (nSPS) is 14.0. The number of benzene rings is 2. The maximum Gasteiger partial charge on any atom is 0.216 e. The first-order chi connectivity index (χ1) is 15.1. The summed E-state index contributed by atoms with van der Waals surface area (Å²) in [6.07, 6.45) is 7.10. The molecule has 1 saturated carbocycles. The number of nitrogens with one attached hydrogen (secondary N) is 2. The molecule has 5 nitrogen and oxygen atoms in total. The number of halogens is 1. The zero-order chi connectivity index (χ0) is 21.6. The molecular weight excluding hydrogens is 408 g/mol. The molecule has 0 spiro atoms. The minimum Gasteiger partial charge on any atom is -0.349 e. The maximum atomic E-state index is 11.7. The average molecular weight is 433 g/mol. The molecule has 0 bridgehead atoms. The Hall–Kier alpha value is -3.18. The zero-order valence-electron chi connectivity index (χ0n) is 17.2. The van der Waals surface area contributed by atoms with Gasteiger partial charge in [-0.15, -0.1) is 0 Å². The Morgan fingerprint density at radius 2 is 1.84 bits per heavy atom. The van der Waals surface area contributed by atoms with Crippen LogP contribution in [-0.2, 0) is 11.2 Å². The molecule has 1 unspecified atom stereocenters. The molecule has 1 aromatic heterocycles. The van der Waals surface area contributed by atoms with E-state index in [1.807, 2.05) is 42.5 Å². The highest BCUT2D eigenvalue weighted by atomic mass is 35.5. The third-order valence-corrected chi connectivity index (χ3v) is 5.83. The van der Waals surface area contributed by atoms with E-state index in [-0.39, 0.29) is 12.0 Å². The van der Waals surface area contributed by atoms with E-state index in [2.05, 4.69) is 28.5 Å². The van der Waals surface area contributed by atoms with Crippen molar-refractivity contribution >= 4 is 24.0 Å². The third kappa shape index (κ3) is 5.50. The molecule has 1 amide bonds. The summed E-state index contributed by atoms with van der Waals surface area (Å²) in [5, 5.41) is 12.5. The molecule has 1 heterocycles. The van der Waals surface area contributed by atoms with Crippen LogP contribution in [0.15, 0.2) is 73.1 Å². The third-order valence-electron chi connectivity index (χ3n) is 5.59. The number of guanidine groups is 1. The number of rotatable bonds is 8. The van der Waals surface area contributed by atoms with Crippen LogP contribution in [0.3, 0.4) is 0 Å². The minimum atomic E-state index is -0.00462. The standard InChI is InChI=1S/C25H25ClN4O/c26-23-6-2-4-21(16-23)20-3-1-5-22(15-20)24(19-7-8-19)29-25(27)30(17-31)14-11-18-9-12-28-13-10-18/h1-6,9-10,12-13,15-17,19,24H,7-8,11,14H2,(H2,27,29). The summed E-state index contributed by atoms with van der Waals surface area (Å²) >= 11 is 6.17. The van der Waals surface area contributed by atoms with Gasteiger partial charge in [0.05, 0.1) is 6.04 Å². The van der Waals surface area contributed by atoms with Crippen LogP contribution in [0.1, 0.15) is 30.0 Å². The van der Waals surface area contributed by atoms with E-state index in [4.69, 9.17) is 17.0 Å². The zero-order valence-corrected chi connectivity index (χ0v) is 17.9. The molecule has 1 aliphatic carbocycles. The van der Waals surface area contributed by atoms with Gasteiger partial charge in [0.1, 0.15) is 0 Å². The first-order valence-corrected chi connectivity index (χ1v) is 10.8. The summed E-state index contributed by atoms with van der Waals surface area (Å²) in [6.45, 7) is 0.444. The first-order valence-electron chi connectivity index (χ1n) is 10.5. The fourth-order valence-electron chi connectivity index (χ4n) is 3.73. The molecule has 2 N–H and O–H groups in total. The number of nitrogens with zero attached hydrogens (tertiary/aromatic N) is 2. The molecule has 0 radical (unpaired) electrons. The topological polar surface area (TPSA) is 69.1 Å². The van der Waals surface area contributed by atoms with Crippen molar-refractivity contribution in [2.75, 3.05) is 6.54 Å². The van der Waals surface area contributed by atoms with Crippen LogP contribution in [0.2, 0.25) is 5.02 Å². The van der Waals surface area contributed by atoms with Crippen molar-refractivity contribution in [1.82, 2.24) is 15.2 Å². The van der Waals surface area contributed by atoms with Crippen LogP contribution in [0, 0.1) is 11.3 Å². The monoisotopic (exact) mass is 432 g/mol. The quantitative estimate of drug-likeness (QED) is 0.296. The SMILES string of the molecule is N=C(NC(c1cccc(-c2cccc(Cl)c2)c1)C1CC1)N(C=O)CCc1ccncc1. The van der Waals surface area contributed by atoms with Crippen molar-refractivity contribution in [3.8, 4) is 11.1 Å². The summed E-state index contributed by atoms with van der Waals surface area (Å²) < 4.78 is 0. The van der Waals surface area contributed by atoms with Crippen LogP contribution in [-0.4, -0.2) is 28.8 Å². The van der Waals surface area contributed by atoms with Gasteiger partial charge in [-0.3, -0.25) is 20.1 Å². The van der Waals surface area contributed by atoms with Gasteiger partial charge in [0, 0.05) is 24.0 Å². The minimum absolute atomic E-state index is 0.00462. The predicted molar refractivity (Wildman–Crippen MR) is 124 cm³/mol. The lowest BCUT2D eigenvalue weighted by atomic mass is 9.97. The maximum absolute atomic E-state index is 11.7. The van der Waals surface area contributed by atoms with E-state index in [1.54, 1.807) is 12.4 Å². The fraction of sp³-hybridized carbons (Fsp3) is 0.240. The van der Waals surface area contributed by atoms with Crippen molar-refractivity contribution < 1.29 is 4.79 Å². The van der Waals surface area contributed by atoms with Gasteiger partial charge >= 0.3 is 0 Å². The van der Waals surface area contributed by atoms with E-state index in [0.717, 1.165) is 41.5 Å². The molecule has 3 aromatic rings. The largest absolute Gasteiger partial charge is 0.349 e. The molecule has 6 heteroatoms. The fourth-order valence-corrected chi connectivity index (χ4v) is 3.92. The molecule has 31 heavy (non-hydrogen) atoms. The molecule has 1 atom stereocenters. The van der Waals surface area contributed by atoms with Gasteiger partial charge in [0.25, 0.3) is 0 Å². The number of carbonyl (C=O) groups is 1. The van der Waals surface area contributed by atoms with E-state index >= 15 is 0 Å². The van der Waals surface area contributed by atoms with Gasteiger partial charge in [-0.05, 0) is 77.8 Å². The number of hydrogen-bond donors (Lipinski definition) is 2. The summed E-state index contributed by atoms with van der Waals surface area (Å²) in [4.78, 5) is 17.1. The van der Waals surface area contributed by atoms with Gasteiger partial charge in [0.15, 0.2) is 5.96 Å². The second kappa shape index (κ2) is 9.75. The number of amides is 1. The van der Waals surface area contributed by atoms with Gasteiger partial charge in [0.2, 0.25) is 6.41 Å². The Bertz CT molecular complexity index is 1050.